The molecule has 0 unspecified atom stereocenters. The molecule has 6 aromatic rings. The second-order valence-electron chi connectivity index (χ2n) is 11.3. The second kappa shape index (κ2) is 7.57. The van der Waals surface area contributed by atoms with Crippen LogP contribution < -0.4 is 5.46 Å². The van der Waals surface area contributed by atoms with Crippen molar-refractivity contribution in [3.8, 4) is 11.4 Å². The van der Waals surface area contributed by atoms with Crippen molar-refractivity contribution < 1.29 is 9.31 Å². The summed E-state index contributed by atoms with van der Waals surface area (Å²) in [5.74, 6) is 0. The zero-order valence-electron chi connectivity index (χ0n) is 21.9. The fourth-order valence-corrected chi connectivity index (χ4v) is 7.05. The summed E-state index contributed by atoms with van der Waals surface area (Å²) < 4.78 is 17.8. The number of rotatable bonds is 2. The van der Waals surface area contributed by atoms with Gasteiger partial charge in [0, 0.05) is 31.6 Å². The van der Waals surface area contributed by atoms with Crippen LogP contribution in [0.4, 0.5) is 0 Å². The maximum Gasteiger partial charge on any atom is 0.494 e. The highest BCUT2D eigenvalue weighted by Crippen LogP contribution is 2.49. The highest BCUT2D eigenvalue weighted by Gasteiger charge is 2.51. The molecule has 1 saturated heterocycles. The van der Waals surface area contributed by atoms with Crippen molar-refractivity contribution in [2.75, 3.05) is 0 Å². The van der Waals surface area contributed by atoms with Crippen LogP contribution in [0, 0.1) is 0 Å². The summed E-state index contributed by atoms with van der Waals surface area (Å²) in [5.41, 5.74) is 6.24. The third kappa shape index (κ3) is 2.91. The van der Waals surface area contributed by atoms with E-state index in [9.17, 15) is 0 Å². The molecule has 0 N–H and O–H groups in total. The van der Waals surface area contributed by atoms with Crippen LogP contribution in [0.3, 0.4) is 0 Å². The number of benzene rings is 4. The Morgan fingerprint density at radius 3 is 2.18 bits per heavy atom. The molecule has 2 aliphatic heterocycles. The van der Waals surface area contributed by atoms with E-state index in [-0.39, 0.29) is 11.2 Å². The summed E-state index contributed by atoms with van der Waals surface area (Å²) >= 11 is 1.86. The van der Waals surface area contributed by atoms with E-state index in [1.165, 1.54) is 42.8 Å². The Morgan fingerprint density at radius 1 is 0.684 bits per heavy atom. The van der Waals surface area contributed by atoms with Crippen molar-refractivity contribution in [1.82, 2.24) is 9.13 Å². The van der Waals surface area contributed by atoms with Gasteiger partial charge in [-0.1, -0.05) is 66.4 Å². The average molecular weight is 514 g/mol. The maximum atomic E-state index is 6.45. The Bertz CT molecular complexity index is 1900. The van der Waals surface area contributed by atoms with Gasteiger partial charge in [-0.25, -0.2) is 0 Å². The van der Waals surface area contributed by atoms with Crippen molar-refractivity contribution >= 4 is 57.2 Å². The van der Waals surface area contributed by atoms with Gasteiger partial charge >= 0.3 is 7.12 Å². The van der Waals surface area contributed by atoms with Crippen LogP contribution in [0.5, 0.6) is 0 Å². The lowest BCUT2D eigenvalue weighted by molar-refractivity contribution is 0.00578. The lowest BCUT2D eigenvalue weighted by atomic mass is 9.78. The summed E-state index contributed by atoms with van der Waals surface area (Å²) in [7, 11) is -0.413. The van der Waals surface area contributed by atoms with Crippen molar-refractivity contribution in [3.63, 3.8) is 0 Å². The predicted octanol–water partition coefficient (Wildman–Crippen LogP) is 7.49. The highest BCUT2D eigenvalue weighted by atomic mass is 32.2. The first-order chi connectivity index (χ1) is 18.3. The minimum atomic E-state index is -0.413. The van der Waals surface area contributed by atoms with Gasteiger partial charge in [-0.05, 0) is 69.6 Å². The standard InChI is InChI=1S/C32H27BN2O2S/c1-31(2)32(3,4)37-33(36-31)20-17-18-22-25(19-20)34(21-11-6-5-7-12-21)30-28(22)23-13-10-16-27-29(23)35(30)24-14-8-9-15-26(24)38-27/h5-19H,1-4H3. The van der Waals surface area contributed by atoms with Crippen molar-refractivity contribution in [1.29, 1.82) is 0 Å². The van der Waals surface area contributed by atoms with Crippen LogP contribution in [0.2, 0.25) is 0 Å². The van der Waals surface area contributed by atoms with E-state index < -0.39 is 7.12 Å². The molecule has 2 aliphatic rings. The molecule has 4 heterocycles. The van der Waals surface area contributed by atoms with Crippen LogP contribution in [0.1, 0.15) is 27.7 Å². The number of hydrogen-bond donors (Lipinski definition) is 0. The molecule has 0 atom stereocenters. The van der Waals surface area contributed by atoms with Crippen molar-refractivity contribution in [3.05, 3.63) is 91.0 Å². The molecule has 0 spiro atoms. The zero-order chi connectivity index (χ0) is 25.8. The summed E-state index contributed by atoms with van der Waals surface area (Å²) in [4.78, 5) is 2.56. The van der Waals surface area contributed by atoms with Gasteiger partial charge in [0.2, 0.25) is 0 Å². The number of nitrogens with zero attached hydrogens (tertiary/aromatic N) is 2. The molecule has 4 nitrogen and oxygen atoms in total. The van der Waals surface area contributed by atoms with Gasteiger partial charge in [-0.3, -0.25) is 9.13 Å². The number of aromatic nitrogens is 2. The molecule has 0 bridgehead atoms. The summed E-state index contributed by atoms with van der Waals surface area (Å²) in [5, 5.41) is 3.79. The Hall–Kier alpha value is -3.45. The fraction of sp³-hybridized carbons (Fsp3) is 0.188. The molecular weight excluding hydrogens is 487 g/mol. The van der Waals surface area contributed by atoms with E-state index >= 15 is 0 Å². The molecule has 0 amide bonds. The molecule has 186 valence electrons. The first kappa shape index (κ1) is 22.5. The quantitative estimate of drug-likeness (QED) is 0.224. The molecule has 0 saturated carbocycles. The first-order valence-corrected chi connectivity index (χ1v) is 14.0. The third-order valence-corrected chi connectivity index (χ3v) is 9.65. The van der Waals surface area contributed by atoms with Gasteiger partial charge in [-0.15, -0.1) is 0 Å². The van der Waals surface area contributed by atoms with Gasteiger partial charge in [0.15, 0.2) is 0 Å². The Labute approximate surface area is 226 Å². The summed E-state index contributed by atoms with van der Waals surface area (Å²) in [6.07, 6.45) is 0. The van der Waals surface area contributed by atoms with Gasteiger partial charge in [0.1, 0.15) is 5.65 Å². The molecule has 1 fully saturated rings. The summed E-state index contributed by atoms with van der Waals surface area (Å²) in [6.45, 7) is 8.42. The smallest absolute Gasteiger partial charge is 0.399 e. The molecule has 0 radical (unpaired) electrons. The normalized spacial score (nSPS) is 17.5. The van der Waals surface area contributed by atoms with Crippen LogP contribution in [-0.2, 0) is 9.31 Å². The Balaban J connectivity index is 1.50. The Kier molecular flexibility index (Phi) is 4.49. The van der Waals surface area contributed by atoms with E-state index in [4.69, 9.17) is 9.31 Å². The van der Waals surface area contributed by atoms with E-state index in [0.717, 1.165) is 16.7 Å². The minimum Gasteiger partial charge on any atom is -0.399 e. The minimum absolute atomic E-state index is 0.389. The van der Waals surface area contributed by atoms with Gasteiger partial charge in [-0.2, -0.15) is 0 Å². The second-order valence-corrected chi connectivity index (χ2v) is 12.4. The van der Waals surface area contributed by atoms with E-state index in [0.29, 0.717) is 0 Å². The van der Waals surface area contributed by atoms with E-state index in [1.807, 2.05) is 11.8 Å². The number of hydrogen-bond acceptors (Lipinski definition) is 3. The SMILES string of the molecule is CC1(C)OB(c2ccc3c4c5cccc6c5n(c4n(-c4ccccc4)c3c2)-c2ccccc2S6)OC1(C)C. The average Bonchev–Trinajstić information content (AvgIpc) is 3.50. The predicted molar refractivity (Wildman–Crippen MR) is 157 cm³/mol. The lowest BCUT2D eigenvalue weighted by Gasteiger charge is -2.32. The molecule has 2 aromatic heterocycles. The molecule has 4 aromatic carbocycles. The fourth-order valence-electron chi connectivity index (χ4n) is 5.96. The number of fused-ring (bicyclic) bond motifs is 7. The third-order valence-electron chi connectivity index (χ3n) is 8.54. The lowest BCUT2D eigenvalue weighted by Crippen LogP contribution is -2.41. The largest absolute Gasteiger partial charge is 0.494 e. The molecule has 8 rings (SSSR count). The Morgan fingerprint density at radius 2 is 1.39 bits per heavy atom. The van der Waals surface area contributed by atoms with Crippen LogP contribution in [0.15, 0.2) is 101 Å². The zero-order valence-corrected chi connectivity index (χ0v) is 22.7. The monoisotopic (exact) mass is 514 g/mol. The maximum absolute atomic E-state index is 6.45. The molecule has 6 heteroatoms. The van der Waals surface area contributed by atoms with Gasteiger partial charge in [0.05, 0.1) is 27.9 Å². The van der Waals surface area contributed by atoms with Crippen molar-refractivity contribution in [2.45, 2.75) is 48.7 Å². The van der Waals surface area contributed by atoms with Gasteiger partial charge < -0.3 is 9.31 Å². The number of para-hydroxylation sites is 3. The first-order valence-electron chi connectivity index (χ1n) is 13.1. The molecular formula is C32H27BN2O2S. The molecule has 38 heavy (non-hydrogen) atoms. The highest BCUT2D eigenvalue weighted by molar-refractivity contribution is 7.99. The summed E-state index contributed by atoms with van der Waals surface area (Å²) in [6, 6.07) is 32.8. The topological polar surface area (TPSA) is 28.3 Å². The van der Waals surface area contributed by atoms with Gasteiger partial charge in [0.25, 0.3) is 0 Å². The van der Waals surface area contributed by atoms with Crippen molar-refractivity contribution in [2.24, 2.45) is 0 Å². The molecule has 0 aliphatic carbocycles. The van der Waals surface area contributed by atoms with E-state index in [2.05, 4.69) is 128 Å². The van der Waals surface area contributed by atoms with Crippen LogP contribution >= 0.6 is 11.8 Å². The van der Waals surface area contributed by atoms with E-state index in [1.54, 1.807) is 0 Å². The van der Waals surface area contributed by atoms with Crippen LogP contribution in [-0.4, -0.2) is 27.5 Å². The van der Waals surface area contributed by atoms with Crippen LogP contribution in [0.25, 0.3) is 44.2 Å².